The van der Waals surface area contributed by atoms with Crippen LogP contribution < -0.4 is 0 Å². The largest absolute Gasteiger partial charge is 0.309 e. The van der Waals surface area contributed by atoms with Gasteiger partial charge in [0.1, 0.15) is 0 Å². The van der Waals surface area contributed by atoms with Crippen LogP contribution in [0.2, 0.25) is 0 Å². The maximum atomic E-state index is 5.56. The van der Waals surface area contributed by atoms with Gasteiger partial charge in [-0.3, -0.25) is 4.57 Å². The van der Waals surface area contributed by atoms with Crippen molar-refractivity contribution in [1.82, 2.24) is 28.7 Å². The van der Waals surface area contributed by atoms with E-state index in [0.29, 0.717) is 17.6 Å². The fraction of sp³-hybridized carbons (Fsp3) is 0. The van der Waals surface area contributed by atoms with Gasteiger partial charge in [-0.2, -0.15) is 9.97 Å². The van der Waals surface area contributed by atoms with E-state index in [0.717, 1.165) is 99.4 Å². The van der Waals surface area contributed by atoms with Gasteiger partial charge in [0.25, 0.3) is 0 Å². The average molecular weight is 957 g/mol. The Hall–Kier alpha value is -10.2. The Morgan fingerprint density at radius 1 is 0.240 bits per heavy atom. The molecule has 75 heavy (non-hydrogen) atoms. The van der Waals surface area contributed by atoms with Crippen molar-refractivity contribution in [2.24, 2.45) is 0 Å². The summed E-state index contributed by atoms with van der Waals surface area (Å²) >= 11 is 0. The van der Waals surface area contributed by atoms with E-state index < -0.39 is 0 Å². The molecule has 350 valence electrons. The predicted molar refractivity (Wildman–Crippen MR) is 310 cm³/mol. The summed E-state index contributed by atoms with van der Waals surface area (Å²) in [6.07, 6.45) is 0. The second-order valence-corrected chi connectivity index (χ2v) is 19.1. The van der Waals surface area contributed by atoms with Gasteiger partial charge in [0.15, 0.2) is 11.6 Å². The highest BCUT2D eigenvalue weighted by molar-refractivity contribution is 6.27. The molecule has 6 heteroatoms. The monoisotopic (exact) mass is 956 g/mol. The van der Waals surface area contributed by atoms with Gasteiger partial charge in [-0.15, -0.1) is 0 Å². The van der Waals surface area contributed by atoms with Gasteiger partial charge in [-0.1, -0.05) is 231 Å². The minimum absolute atomic E-state index is 0.527. The molecule has 0 saturated carbocycles. The molecule has 6 nitrogen and oxygen atoms in total. The molecule has 0 atom stereocenters. The minimum atomic E-state index is 0.527. The Morgan fingerprint density at radius 3 is 1.19 bits per heavy atom. The molecule has 0 fully saturated rings. The van der Waals surface area contributed by atoms with Crippen molar-refractivity contribution in [3.05, 3.63) is 267 Å². The van der Waals surface area contributed by atoms with Crippen molar-refractivity contribution in [2.75, 3.05) is 0 Å². The molecule has 11 aromatic carbocycles. The summed E-state index contributed by atoms with van der Waals surface area (Å²) in [4.78, 5) is 16.4. The van der Waals surface area contributed by atoms with Gasteiger partial charge >= 0.3 is 0 Å². The van der Waals surface area contributed by atoms with Crippen molar-refractivity contribution in [3.63, 3.8) is 0 Å². The summed E-state index contributed by atoms with van der Waals surface area (Å²) in [7, 11) is 0. The van der Waals surface area contributed by atoms with E-state index in [1.54, 1.807) is 0 Å². The van der Waals surface area contributed by atoms with Crippen LogP contribution in [0, 0.1) is 0 Å². The SMILES string of the molecule is c1ccc(-c2ccc(-c3ccc(-c4nc(-c5ccccc5)nc(-n5c6ccccc6c6c(-n7c8ccccc8c8ccccc87)cc7c8ccccc8n(-c8ccccc8-c8ccccc8)c7c65)n4)cc3)cc2)cc1. The molecule has 0 aliphatic heterocycles. The third-order valence-electron chi connectivity index (χ3n) is 14.9. The molecular formula is C69H44N6. The molecule has 0 bridgehead atoms. The topological polar surface area (TPSA) is 53.5 Å². The zero-order chi connectivity index (χ0) is 49.4. The fourth-order valence-corrected chi connectivity index (χ4v) is 11.5. The Bertz CT molecular complexity index is 4610. The quantitative estimate of drug-likeness (QED) is 0.152. The van der Waals surface area contributed by atoms with E-state index in [1.165, 1.54) is 21.9 Å². The van der Waals surface area contributed by atoms with E-state index >= 15 is 0 Å². The van der Waals surface area contributed by atoms with Crippen molar-refractivity contribution in [3.8, 4) is 73.5 Å². The number of para-hydroxylation sites is 5. The third kappa shape index (κ3) is 6.84. The molecule has 4 aromatic heterocycles. The average Bonchev–Trinajstić information content (AvgIpc) is 4.28. The first kappa shape index (κ1) is 42.5. The van der Waals surface area contributed by atoms with Crippen LogP contribution in [0.3, 0.4) is 0 Å². The van der Waals surface area contributed by atoms with E-state index in [1.807, 2.05) is 18.2 Å². The first-order valence-corrected chi connectivity index (χ1v) is 25.4. The summed E-state index contributed by atoms with van der Waals surface area (Å²) in [6, 6.07) is 95.2. The van der Waals surface area contributed by atoms with Gasteiger partial charge < -0.3 is 9.13 Å². The van der Waals surface area contributed by atoms with Crippen LogP contribution in [0.4, 0.5) is 0 Å². The van der Waals surface area contributed by atoms with Gasteiger partial charge in [0.2, 0.25) is 5.95 Å². The van der Waals surface area contributed by atoms with Gasteiger partial charge in [-0.05, 0) is 64.2 Å². The second-order valence-electron chi connectivity index (χ2n) is 19.1. The first-order chi connectivity index (χ1) is 37.2. The van der Waals surface area contributed by atoms with E-state index in [2.05, 4.69) is 262 Å². The van der Waals surface area contributed by atoms with Crippen molar-refractivity contribution >= 4 is 65.4 Å². The molecule has 0 aliphatic carbocycles. The van der Waals surface area contributed by atoms with E-state index in [9.17, 15) is 0 Å². The Labute approximate surface area is 432 Å². The number of aromatic nitrogens is 6. The zero-order valence-corrected chi connectivity index (χ0v) is 40.6. The number of nitrogens with zero attached hydrogens (tertiary/aromatic N) is 6. The van der Waals surface area contributed by atoms with Gasteiger partial charge in [0.05, 0.1) is 44.5 Å². The summed E-state index contributed by atoms with van der Waals surface area (Å²) < 4.78 is 7.26. The second kappa shape index (κ2) is 17.3. The summed E-state index contributed by atoms with van der Waals surface area (Å²) in [5.41, 5.74) is 17.3. The molecule has 0 N–H and O–H groups in total. The maximum Gasteiger partial charge on any atom is 0.238 e. The molecule has 0 amide bonds. The number of hydrogen-bond donors (Lipinski definition) is 0. The highest BCUT2D eigenvalue weighted by Gasteiger charge is 2.28. The number of benzene rings is 11. The Kier molecular flexibility index (Phi) is 9.78. The van der Waals surface area contributed by atoms with Crippen LogP contribution in [0.15, 0.2) is 267 Å². The third-order valence-corrected chi connectivity index (χ3v) is 14.9. The lowest BCUT2D eigenvalue weighted by atomic mass is 9.99. The lowest BCUT2D eigenvalue weighted by Gasteiger charge is -2.17. The number of rotatable bonds is 8. The van der Waals surface area contributed by atoms with Crippen molar-refractivity contribution < 1.29 is 0 Å². The van der Waals surface area contributed by atoms with Crippen LogP contribution in [-0.4, -0.2) is 28.7 Å². The van der Waals surface area contributed by atoms with Crippen LogP contribution in [0.1, 0.15) is 0 Å². The smallest absolute Gasteiger partial charge is 0.238 e. The summed E-state index contributed by atoms with van der Waals surface area (Å²) in [5.74, 6) is 1.70. The molecule has 4 heterocycles. The Balaban J connectivity index is 1.05. The summed E-state index contributed by atoms with van der Waals surface area (Å²) in [5, 5.41) is 6.85. The molecule has 0 radical (unpaired) electrons. The minimum Gasteiger partial charge on any atom is -0.309 e. The van der Waals surface area contributed by atoms with Crippen molar-refractivity contribution in [2.45, 2.75) is 0 Å². The fourth-order valence-electron chi connectivity index (χ4n) is 11.5. The lowest BCUT2D eigenvalue weighted by molar-refractivity contribution is 0.953. The van der Waals surface area contributed by atoms with Crippen molar-refractivity contribution in [1.29, 1.82) is 0 Å². The van der Waals surface area contributed by atoms with Crippen LogP contribution in [-0.2, 0) is 0 Å². The molecule has 0 aliphatic rings. The standard InChI is InChI=1S/C69H44N6/c1-4-20-45(21-5-1)46-36-38-47(39-37-46)48-40-42-51(43-41-48)68-70-67(50-24-8-3-9-25-50)71-69(72-68)75-62-35-19-14-30-56(62)64-63(73-59-32-16-11-27-53(59)54-28-12-17-33-60(54)73)44-57-55-29-13-18-34-61(55)74(65(57)66(64)75)58-31-15-10-26-52(58)49-22-6-2-7-23-49/h1-44H. The van der Waals surface area contributed by atoms with Crippen LogP contribution in [0.25, 0.3) is 139 Å². The number of hydrogen-bond acceptors (Lipinski definition) is 3. The maximum absolute atomic E-state index is 5.56. The molecule has 0 spiro atoms. The Morgan fingerprint density at radius 2 is 0.627 bits per heavy atom. The van der Waals surface area contributed by atoms with Crippen LogP contribution >= 0.6 is 0 Å². The normalized spacial score (nSPS) is 11.7. The van der Waals surface area contributed by atoms with E-state index in [-0.39, 0.29) is 0 Å². The highest BCUT2D eigenvalue weighted by Crippen LogP contribution is 2.47. The summed E-state index contributed by atoms with van der Waals surface area (Å²) in [6.45, 7) is 0. The molecule has 0 saturated heterocycles. The lowest BCUT2D eigenvalue weighted by Crippen LogP contribution is -2.08. The molecule has 15 rings (SSSR count). The first-order valence-electron chi connectivity index (χ1n) is 25.4. The number of fused-ring (bicyclic) bond motifs is 10. The zero-order valence-electron chi connectivity index (χ0n) is 40.6. The predicted octanol–water partition coefficient (Wildman–Crippen LogP) is 17.5. The van der Waals surface area contributed by atoms with Gasteiger partial charge in [-0.25, -0.2) is 4.98 Å². The molecule has 0 unspecified atom stereocenters. The van der Waals surface area contributed by atoms with Gasteiger partial charge in [0, 0.05) is 49.0 Å². The van der Waals surface area contributed by atoms with Crippen LogP contribution in [0.5, 0.6) is 0 Å². The van der Waals surface area contributed by atoms with E-state index in [4.69, 9.17) is 15.0 Å². The molecule has 15 aromatic rings. The molecular weight excluding hydrogens is 913 g/mol. The highest BCUT2D eigenvalue weighted by atomic mass is 15.2.